The summed E-state index contributed by atoms with van der Waals surface area (Å²) in [5.41, 5.74) is 0. The second-order valence-corrected chi connectivity index (χ2v) is 4.35. The lowest BCUT2D eigenvalue weighted by molar-refractivity contribution is 0.464. The van der Waals surface area contributed by atoms with Crippen molar-refractivity contribution in [3.05, 3.63) is 0 Å². The molecule has 0 radical (unpaired) electrons. The molecule has 0 spiro atoms. The number of nitrogens with one attached hydrogen (secondary N) is 1. The van der Waals surface area contributed by atoms with Crippen molar-refractivity contribution in [2.75, 3.05) is 5.75 Å². The predicted molar refractivity (Wildman–Crippen MR) is 51.7 cm³/mol. The van der Waals surface area contributed by atoms with E-state index in [4.69, 9.17) is 12.2 Å². The summed E-state index contributed by atoms with van der Waals surface area (Å²) in [5.74, 6) is 1.93. The first-order valence-corrected chi connectivity index (χ1v) is 5.09. The lowest BCUT2D eigenvalue weighted by Gasteiger charge is -2.13. The lowest BCUT2D eigenvalue weighted by atomic mass is 10.1. The standard InChI is InChI=1S/C7H13NS2/c1-5(2)6-4-10-7(3-9)8-6/h3,5-8H,4H2,1-2H3/t6-,7?/m0/s1. The van der Waals surface area contributed by atoms with Gasteiger partial charge in [0.15, 0.2) is 0 Å². The Morgan fingerprint density at radius 1 is 1.70 bits per heavy atom. The maximum atomic E-state index is 4.84. The van der Waals surface area contributed by atoms with Crippen LogP contribution in [0.25, 0.3) is 0 Å². The molecule has 0 saturated carbocycles. The quantitative estimate of drug-likeness (QED) is 0.641. The van der Waals surface area contributed by atoms with Gasteiger partial charge in [-0.15, -0.1) is 11.8 Å². The van der Waals surface area contributed by atoms with Crippen LogP contribution in [0.15, 0.2) is 0 Å². The van der Waals surface area contributed by atoms with Gasteiger partial charge in [0, 0.05) is 17.2 Å². The summed E-state index contributed by atoms with van der Waals surface area (Å²) in [6.45, 7) is 4.48. The number of thiocarbonyl (C=S) groups is 1. The molecule has 58 valence electrons. The molecule has 10 heavy (non-hydrogen) atoms. The topological polar surface area (TPSA) is 12.0 Å². The van der Waals surface area contributed by atoms with Gasteiger partial charge in [0.05, 0.1) is 5.37 Å². The van der Waals surface area contributed by atoms with Crippen LogP contribution in [0.2, 0.25) is 0 Å². The van der Waals surface area contributed by atoms with Gasteiger partial charge in [-0.25, -0.2) is 0 Å². The van der Waals surface area contributed by atoms with Crippen molar-refractivity contribution in [1.29, 1.82) is 0 Å². The van der Waals surface area contributed by atoms with Crippen LogP contribution in [0.1, 0.15) is 13.8 Å². The molecule has 2 atom stereocenters. The molecule has 1 N–H and O–H groups in total. The van der Waals surface area contributed by atoms with E-state index in [0.29, 0.717) is 11.4 Å². The SMILES string of the molecule is CC(C)[C@@H]1CSC(C=S)N1. The van der Waals surface area contributed by atoms with E-state index in [1.165, 1.54) is 5.75 Å². The fourth-order valence-electron chi connectivity index (χ4n) is 0.978. The van der Waals surface area contributed by atoms with Crippen LogP contribution >= 0.6 is 24.0 Å². The molecule has 1 unspecified atom stereocenters. The Morgan fingerprint density at radius 2 is 2.40 bits per heavy atom. The van der Waals surface area contributed by atoms with Crippen LogP contribution in [-0.4, -0.2) is 22.5 Å². The maximum absolute atomic E-state index is 4.84. The molecule has 0 amide bonds. The van der Waals surface area contributed by atoms with Crippen LogP contribution < -0.4 is 5.32 Å². The minimum atomic E-state index is 0.419. The van der Waals surface area contributed by atoms with Gasteiger partial charge < -0.3 is 0 Å². The van der Waals surface area contributed by atoms with Crippen molar-refractivity contribution in [2.45, 2.75) is 25.3 Å². The normalized spacial score (nSPS) is 33.1. The molecule has 0 aromatic heterocycles. The molecule has 0 bridgehead atoms. The summed E-state index contributed by atoms with van der Waals surface area (Å²) in [7, 11) is 0. The van der Waals surface area contributed by atoms with E-state index in [0.717, 1.165) is 5.92 Å². The van der Waals surface area contributed by atoms with E-state index in [1.807, 2.05) is 17.1 Å². The molecule has 0 aliphatic carbocycles. The van der Waals surface area contributed by atoms with Gasteiger partial charge in [-0.1, -0.05) is 26.1 Å². The average molecular weight is 175 g/mol. The van der Waals surface area contributed by atoms with Crippen molar-refractivity contribution in [2.24, 2.45) is 5.92 Å². The number of rotatable bonds is 2. The van der Waals surface area contributed by atoms with E-state index in [9.17, 15) is 0 Å². The van der Waals surface area contributed by atoms with Crippen LogP contribution in [0, 0.1) is 5.92 Å². The lowest BCUT2D eigenvalue weighted by Crippen LogP contribution is -2.34. The minimum absolute atomic E-state index is 0.419. The minimum Gasteiger partial charge on any atom is -0.298 e. The molecule has 1 aliphatic heterocycles. The van der Waals surface area contributed by atoms with Crippen molar-refractivity contribution in [3.63, 3.8) is 0 Å². The molecule has 1 nitrogen and oxygen atoms in total. The molecular formula is C7H13NS2. The highest BCUT2D eigenvalue weighted by atomic mass is 32.2. The second-order valence-electron chi connectivity index (χ2n) is 2.91. The van der Waals surface area contributed by atoms with E-state index in [-0.39, 0.29) is 0 Å². The third-order valence-corrected chi connectivity index (χ3v) is 3.39. The number of thioether (sulfide) groups is 1. The first-order chi connectivity index (χ1) is 4.74. The Labute approximate surface area is 72.0 Å². The zero-order chi connectivity index (χ0) is 7.56. The van der Waals surface area contributed by atoms with Crippen molar-refractivity contribution in [3.8, 4) is 0 Å². The fraction of sp³-hybridized carbons (Fsp3) is 0.857. The van der Waals surface area contributed by atoms with Gasteiger partial charge in [0.2, 0.25) is 0 Å². The smallest absolute Gasteiger partial charge is 0.0825 e. The summed E-state index contributed by atoms with van der Waals surface area (Å²) in [6.07, 6.45) is 0. The first-order valence-electron chi connectivity index (χ1n) is 3.57. The third kappa shape index (κ3) is 1.94. The zero-order valence-corrected chi connectivity index (χ0v) is 7.97. The molecular weight excluding hydrogens is 162 g/mol. The van der Waals surface area contributed by atoms with E-state index < -0.39 is 0 Å². The predicted octanol–water partition coefficient (Wildman–Crippen LogP) is 1.67. The van der Waals surface area contributed by atoms with Gasteiger partial charge in [-0.05, 0) is 5.92 Å². The van der Waals surface area contributed by atoms with E-state index >= 15 is 0 Å². The summed E-state index contributed by atoms with van der Waals surface area (Å²) < 4.78 is 0. The van der Waals surface area contributed by atoms with Crippen molar-refractivity contribution >= 4 is 29.3 Å². The Morgan fingerprint density at radius 3 is 2.70 bits per heavy atom. The molecule has 0 aromatic carbocycles. The monoisotopic (exact) mass is 175 g/mol. The summed E-state index contributed by atoms with van der Waals surface area (Å²) in [5, 5.41) is 5.67. The first kappa shape index (κ1) is 8.50. The average Bonchev–Trinajstić information content (AvgIpc) is 2.34. The van der Waals surface area contributed by atoms with Crippen LogP contribution in [0.3, 0.4) is 0 Å². The van der Waals surface area contributed by atoms with E-state index in [1.54, 1.807) is 0 Å². The number of hydrogen-bond acceptors (Lipinski definition) is 3. The molecule has 1 heterocycles. The van der Waals surface area contributed by atoms with Gasteiger partial charge in [-0.2, -0.15) is 0 Å². The van der Waals surface area contributed by atoms with Crippen molar-refractivity contribution in [1.82, 2.24) is 5.32 Å². The summed E-state index contributed by atoms with van der Waals surface area (Å²) in [4.78, 5) is 0. The molecule has 1 saturated heterocycles. The highest BCUT2D eigenvalue weighted by molar-refractivity contribution is 8.01. The Balaban J connectivity index is 2.35. The molecule has 1 aliphatic rings. The number of hydrogen-bond donors (Lipinski definition) is 1. The summed E-state index contributed by atoms with van der Waals surface area (Å²) >= 11 is 6.75. The zero-order valence-electron chi connectivity index (χ0n) is 6.33. The maximum Gasteiger partial charge on any atom is 0.0825 e. The Hall–Kier alpha value is 0.400. The van der Waals surface area contributed by atoms with Gasteiger partial charge in [0.25, 0.3) is 0 Å². The van der Waals surface area contributed by atoms with Gasteiger partial charge in [-0.3, -0.25) is 5.32 Å². The van der Waals surface area contributed by atoms with Crippen LogP contribution in [0.5, 0.6) is 0 Å². The molecule has 1 rings (SSSR count). The molecule has 3 heteroatoms. The largest absolute Gasteiger partial charge is 0.298 e. The van der Waals surface area contributed by atoms with E-state index in [2.05, 4.69) is 19.2 Å². The Bertz CT molecular complexity index is 125. The Kier molecular flexibility index (Phi) is 3.14. The van der Waals surface area contributed by atoms with Gasteiger partial charge in [0.1, 0.15) is 0 Å². The van der Waals surface area contributed by atoms with Crippen LogP contribution in [0.4, 0.5) is 0 Å². The highest BCUT2D eigenvalue weighted by Gasteiger charge is 2.24. The second kappa shape index (κ2) is 3.69. The third-order valence-electron chi connectivity index (χ3n) is 1.76. The van der Waals surface area contributed by atoms with Crippen molar-refractivity contribution < 1.29 is 0 Å². The van der Waals surface area contributed by atoms with Gasteiger partial charge >= 0.3 is 0 Å². The highest BCUT2D eigenvalue weighted by Crippen LogP contribution is 2.21. The van der Waals surface area contributed by atoms with Crippen LogP contribution in [-0.2, 0) is 0 Å². The fourth-order valence-corrected chi connectivity index (χ4v) is 2.54. The summed E-state index contributed by atoms with van der Waals surface area (Å²) in [6, 6.07) is 0.661. The molecule has 0 aromatic rings. The molecule has 1 fully saturated rings.